The Kier molecular flexibility index (Phi) is 8.86. The maximum atomic E-state index is 13.4. The van der Waals surface area contributed by atoms with E-state index in [0.717, 1.165) is 35.5 Å². The highest BCUT2D eigenvalue weighted by Crippen LogP contribution is 2.45. The van der Waals surface area contributed by atoms with Gasteiger partial charge in [0.1, 0.15) is 11.9 Å². The Labute approximate surface area is 219 Å². The van der Waals surface area contributed by atoms with Gasteiger partial charge in [0, 0.05) is 17.7 Å². The van der Waals surface area contributed by atoms with Gasteiger partial charge in [-0.15, -0.1) is 11.3 Å². The normalized spacial score (nSPS) is 38.8. The number of rotatable bonds is 2. The van der Waals surface area contributed by atoms with E-state index in [0.29, 0.717) is 6.42 Å². The molecule has 2 saturated heterocycles. The summed E-state index contributed by atoms with van der Waals surface area (Å²) in [6.45, 7) is 14.5. The first-order valence-electron chi connectivity index (χ1n) is 13.1. The standard InChI is InChI=1S/C28H43NO6S/c1-15-10-9-11-28(8)22(35-28)13-21(16(2)12-20-14-36-19(5)29-20)34-26(33)18(4)25(32)27(6,7)24(31)17(3)23(15)30/h12,14-15,17-18,21-23,25,30,32H,9-11,13H2,1-8H3/t15-,17+,18?,21-,22+,23-,25-,28+/m1/s1. The number of carbonyl (C=O) groups excluding carboxylic acids is 2. The number of epoxide rings is 1. The number of aliphatic hydroxyl groups excluding tert-OH is 2. The highest BCUT2D eigenvalue weighted by atomic mass is 32.1. The minimum atomic E-state index is -1.26. The molecule has 1 unspecified atom stereocenters. The largest absolute Gasteiger partial charge is 0.457 e. The molecule has 36 heavy (non-hydrogen) atoms. The summed E-state index contributed by atoms with van der Waals surface area (Å²) in [6.07, 6.45) is 2.21. The predicted molar refractivity (Wildman–Crippen MR) is 140 cm³/mol. The minimum Gasteiger partial charge on any atom is -0.457 e. The fourth-order valence-corrected chi connectivity index (χ4v) is 6.00. The Morgan fingerprint density at radius 3 is 2.44 bits per heavy atom. The first-order valence-corrected chi connectivity index (χ1v) is 13.9. The Morgan fingerprint density at radius 1 is 1.17 bits per heavy atom. The average molecular weight is 522 g/mol. The minimum absolute atomic E-state index is 0.0545. The van der Waals surface area contributed by atoms with Crippen molar-refractivity contribution in [3.05, 3.63) is 21.7 Å². The topological polar surface area (TPSA) is 109 Å². The number of carbonyl (C=O) groups is 2. The van der Waals surface area contributed by atoms with E-state index in [-0.39, 0.29) is 23.4 Å². The van der Waals surface area contributed by atoms with E-state index in [1.807, 2.05) is 32.2 Å². The molecule has 1 aromatic heterocycles. The summed E-state index contributed by atoms with van der Waals surface area (Å²) in [7, 11) is 0. The van der Waals surface area contributed by atoms with Gasteiger partial charge in [-0.1, -0.05) is 34.1 Å². The first-order chi connectivity index (χ1) is 16.7. The number of aryl methyl sites for hydroxylation is 1. The zero-order valence-corrected chi connectivity index (χ0v) is 23.7. The van der Waals surface area contributed by atoms with Gasteiger partial charge < -0.3 is 19.7 Å². The number of ether oxygens (including phenoxy) is 2. The number of cyclic esters (lactones) is 1. The van der Waals surface area contributed by atoms with E-state index < -0.39 is 41.5 Å². The summed E-state index contributed by atoms with van der Waals surface area (Å²) < 4.78 is 12.1. The number of aromatic nitrogens is 1. The molecule has 2 aliphatic heterocycles. The molecular weight excluding hydrogens is 478 g/mol. The number of nitrogens with zero attached hydrogens (tertiary/aromatic N) is 1. The quantitative estimate of drug-likeness (QED) is 0.428. The molecule has 2 aliphatic rings. The van der Waals surface area contributed by atoms with Crippen molar-refractivity contribution in [3.8, 4) is 0 Å². The van der Waals surface area contributed by atoms with Gasteiger partial charge >= 0.3 is 5.97 Å². The fraction of sp³-hybridized carbons (Fsp3) is 0.750. The van der Waals surface area contributed by atoms with Crippen molar-refractivity contribution in [1.29, 1.82) is 0 Å². The molecule has 7 nitrogen and oxygen atoms in total. The lowest BCUT2D eigenvalue weighted by molar-refractivity contribution is -0.162. The number of Topliss-reactive ketones (excluding diaryl/α,β-unsaturated/α-hetero) is 1. The van der Waals surface area contributed by atoms with Gasteiger partial charge in [0.25, 0.3) is 0 Å². The molecule has 8 atom stereocenters. The molecule has 8 heteroatoms. The number of esters is 1. The Bertz CT molecular complexity index is 986. The second-order valence-electron chi connectivity index (χ2n) is 11.7. The van der Waals surface area contributed by atoms with Crippen molar-refractivity contribution < 1.29 is 29.3 Å². The van der Waals surface area contributed by atoms with Crippen LogP contribution in [0.4, 0.5) is 0 Å². The van der Waals surface area contributed by atoms with Gasteiger partial charge in [-0.25, -0.2) is 4.98 Å². The average Bonchev–Trinajstić information content (AvgIpc) is 3.26. The van der Waals surface area contributed by atoms with Gasteiger partial charge in [-0.2, -0.15) is 0 Å². The molecule has 2 N–H and O–H groups in total. The third kappa shape index (κ3) is 6.26. The van der Waals surface area contributed by atoms with E-state index in [9.17, 15) is 19.8 Å². The highest BCUT2D eigenvalue weighted by Gasteiger charge is 2.53. The summed E-state index contributed by atoms with van der Waals surface area (Å²) in [5.74, 6) is -2.49. The van der Waals surface area contributed by atoms with E-state index in [2.05, 4.69) is 11.9 Å². The molecule has 0 amide bonds. The monoisotopic (exact) mass is 521 g/mol. The van der Waals surface area contributed by atoms with E-state index >= 15 is 0 Å². The van der Waals surface area contributed by atoms with Crippen LogP contribution in [-0.2, 0) is 19.1 Å². The van der Waals surface area contributed by atoms with Crippen molar-refractivity contribution in [2.24, 2.45) is 23.2 Å². The third-order valence-electron chi connectivity index (χ3n) is 8.30. The van der Waals surface area contributed by atoms with Crippen molar-refractivity contribution in [1.82, 2.24) is 4.98 Å². The number of ketones is 1. The smallest absolute Gasteiger partial charge is 0.311 e. The molecule has 202 valence electrons. The van der Waals surface area contributed by atoms with Crippen LogP contribution in [0.25, 0.3) is 6.08 Å². The zero-order chi connectivity index (χ0) is 27.0. The Morgan fingerprint density at radius 2 is 1.83 bits per heavy atom. The summed E-state index contributed by atoms with van der Waals surface area (Å²) in [5, 5.41) is 24.9. The van der Waals surface area contributed by atoms with Crippen LogP contribution >= 0.6 is 11.3 Å². The van der Waals surface area contributed by atoms with Gasteiger partial charge in [0.2, 0.25) is 0 Å². The SMILES string of the molecule is CC(=Cc1csc(C)n1)[C@H]1C[C@@H]2O[C@@]2(C)CCC[C@@H](C)[C@@H](O)[C@H](C)C(=O)C(C)(C)[C@H](O)C(C)C(=O)O1. The van der Waals surface area contributed by atoms with Crippen LogP contribution in [0.15, 0.2) is 11.0 Å². The fourth-order valence-electron chi connectivity index (χ4n) is 5.43. The maximum Gasteiger partial charge on any atom is 0.311 e. The molecule has 2 fully saturated rings. The van der Waals surface area contributed by atoms with Gasteiger partial charge in [0.15, 0.2) is 0 Å². The summed E-state index contributed by atoms with van der Waals surface area (Å²) >= 11 is 1.56. The number of hydrogen-bond donors (Lipinski definition) is 2. The Balaban J connectivity index is 1.91. The molecule has 0 radical (unpaired) electrons. The van der Waals surface area contributed by atoms with Crippen LogP contribution in [0.5, 0.6) is 0 Å². The number of aliphatic hydroxyl groups is 2. The van der Waals surface area contributed by atoms with Crippen LogP contribution in [-0.4, -0.2) is 57.0 Å². The number of thiazole rings is 1. The molecule has 3 heterocycles. The van der Waals surface area contributed by atoms with Crippen molar-refractivity contribution >= 4 is 29.2 Å². The van der Waals surface area contributed by atoms with Gasteiger partial charge in [-0.3, -0.25) is 9.59 Å². The molecular formula is C28H43NO6S. The van der Waals surface area contributed by atoms with E-state index in [4.69, 9.17) is 9.47 Å². The lowest BCUT2D eigenvalue weighted by atomic mass is 9.71. The van der Waals surface area contributed by atoms with Crippen molar-refractivity contribution in [2.45, 2.75) is 111 Å². The molecule has 0 saturated carbocycles. The summed E-state index contributed by atoms with van der Waals surface area (Å²) in [4.78, 5) is 31.1. The second-order valence-corrected chi connectivity index (χ2v) is 12.8. The van der Waals surface area contributed by atoms with Gasteiger partial charge in [-0.05, 0) is 58.1 Å². The van der Waals surface area contributed by atoms with Crippen LogP contribution in [0.1, 0.15) is 84.9 Å². The molecule has 0 aromatic carbocycles. The highest BCUT2D eigenvalue weighted by molar-refractivity contribution is 7.09. The molecule has 1 aromatic rings. The molecule has 0 spiro atoms. The molecule has 0 aliphatic carbocycles. The summed E-state index contributed by atoms with van der Waals surface area (Å²) in [6, 6.07) is 0. The number of hydrogen-bond acceptors (Lipinski definition) is 8. The molecule has 3 rings (SSSR count). The predicted octanol–water partition coefficient (Wildman–Crippen LogP) is 4.72. The lowest BCUT2D eigenvalue weighted by Crippen LogP contribution is -2.49. The van der Waals surface area contributed by atoms with Crippen LogP contribution in [0.3, 0.4) is 0 Å². The van der Waals surface area contributed by atoms with Gasteiger partial charge in [0.05, 0.1) is 45.9 Å². The Hall–Kier alpha value is -1.61. The summed E-state index contributed by atoms with van der Waals surface area (Å²) in [5.41, 5.74) is 0.138. The van der Waals surface area contributed by atoms with E-state index in [1.54, 1.807) is 39.0 Å². The third-order valence-corrected chi connectivity index (χ3v) is 9.10. The van der Waals surface area contributed by atoms with Crippen molar-refractivity contribution in [3.63, 3.8) is 0 Å². The van der Waals surface area contributed by atoms with Crippen molar-refractivity contribution in [2.75, 3.05) is 0 Å². The first kappa shape index (κ1) is 29.0. The van der Waals surface area contributed by atoms with E-state index in [1.165, 1.54) is 0 Å². The lowest BCUT2D eigenvalue weighted by Gasteiger charge is -2.36. The zero-order valence-electron chi connectivity index (χ0n) is 22.9. The van der Waals surface area contributed by atoms with Crippen LogP contribution in [0, 0.1) is 30.1 Å². The van der Waals surface area contributed by atoms with Crippen LogP contribution in [0.2, 0.25) is 0 Å². The second kappa shape index (κ2) is 11.0. The maximum absolute atomic E-state index is 13.4. The number of fused-ring (bicyclic) bond motifs is 1. The molecule has 0 bridgehead atoms. The van der Waals surface area contributed by atoms with Crippen LogP contribution < -0.4 is 0 Å².